The third kappa shape index (κ3) is 1.64. The minimum atomic E-state index is 0.322. The van der Waals surface area contributed by atoms with Crippen LogP contribution in [-0.2, 0) is 4.79 Å². The Morgan fingerprint density at radius 1 is 1.46 bits per heavy atom. The second-order valence-corrected chi connectivity index (χ2v) is 4.59. The third-order valence-electron chi connectivity index (χ3n) is 3.73. The second-order valence-electron chi connectivity index (χ2n) is 4.59. The Morgan fingerprint density at radius 2 is 2.15 bits per heavy atom. The van der Waals surface area contributed by atoms with Gasteiger partial charge in [-0.3, -0.25) is 4.79 Å². The van der Waals surface area contributed by atoms with E-state index in [-0.39, 0.29) is 0 Å². The molecule has 0 aromatic rings. The Balaban J connectivity index is 1.96. The summed E-state index contributed by atoms with van der Waals surface area (Å²) in [6.45, 7) is 2.91. The predicted molar refractivity (Wildman–Crippen MR) is 52.6 cm³/mol. The number of Topliss-reactive ketones (excluding diaryl/α,β-unsaturated/α-hetero) is 1. The highest BCUT2D eigenvalue weighted by molar-refractivity contribution is 5.81. The van der Waals surface area contributed by atoms with Gasteiger partial charge < -0.3 is 5.32 Å². The lowest BCUT2D eigenvalue weighted by Gasteiger charge is -2.22. The van der Waals surface area contributed by atoms with E-state index in [0.717, 1.165) is 13.0 Å². The molecule has 1 N–H and O–H groups in total. The lowest BCUT2D eigenvalue weighted by atomic mass is 9.89. The Labute approximate surface area is 80.1 Å². The van der Waals surface area contributed by atoms with Crippen molar-refractivity contribution in [1.29, 1.82) is 0 Å². The molecule has 1 heterocycles. The van der Waals surface area contributed by atoms with Gasteiger partial charge in [0, 0.05) is 24.4 Å². The molecule has 2 rings (SSSR count). The average molecular weight is 181 g/mol. The van der Waals surface area contributed by atoms with Crippen LogP contribution in [0, 0.1) is 5.92 Å². The molecule has 1 atom stereocenters. The van der Waals surface area contributed by atoms with Crippen molar-refractivity contribution in [2.75, 3.05) is 6.54 Å². The lowest BCUT2D eigenvalue weighted by Crippen LogP contribution is -2.35. The summed E-state index contributed by atoms with van der Waals surface area (Å²) < 4.78 is 0. The van der Waals surface area contributed by atoms with Gasteiger partial charge in [0.2, 0.25) is 0 Å². The Kier molecular flexibility index (Phi) is 2.41. The fourth-order valence-electron chi connectivity index (χ4n) is 2.90. The van der Waals surface area contributed by atoms with Crippen molar-refractivity contribution in [3.05, 3.63) is 0 Å². The van der Waals surface area contributed by atoms with Crippen molar-refractivity contribution < 1.29 is 4.79 Å². The van der Waals surface area contributed by atoms with Crippen molar-refractivity contribution in [1.82, 2.24) is 5.32 Å². The summed E-state index contributed by atoms with van der Waals surface area (Å²) in [6.07, 6.45) is 7.10. The molecule has 1 saturated carbocycles. The molecule has 1 unspecified atom stereocenters. The van der Waals surface area contributed by atoms with Gasteiger partial charge in [-0.2, -0.15) is 0 Å². The van der Waals surface area contributed by atoms with Crippen LogP contribution in [0.2, 0.25) is 0 Å². The number of hydrogen-bond donors (Lipinski definition) is 1. The fourth-order valence-corrected chi connectivity index (χ4v) is 2.90. The Bertz CT molecular complexity index is 206. The number of nitrogens with one attached hydrogen (secondary N) is 1. The topological polar surface area (TPSA) is 29.1 Å². The maximum Gasteiger partial charge on any atom is 0.137 e. The van der Waals surface area contributed by atoms with E-state index < -0.39 is 0 Å². The van der Waals surface area contributed by atoms with Crippen LogP contribution in [0.15, 0.2) is 0 Å². The zero-order valence-electron chi connectivity index (χ0n) is 8.44. The van der Waals surface area contributed by atoms with Crippen LogP contribution in [0.3, 0.4) is 0 Å². The van der Waals surface area contributed by atoms with Gasteiger partial charge in [-0.05, 0) is 19.3 Å². The van der Waals surface area contributed by atoms with Gasteiger partial charge in [0.25, 0.3) is 0 Å². The monoisotopic (exact) mass is 181 g/mol. The van der Waals surface area contributed by atoms with E-state index in [2.05, 4.69) is 5.32 Å². The molecule has 2 fully saturated rings. The number of ketones is 1. The molecular weight excluding hydrogens is 162 g/mol. The van der Waals surface area contributed by atoms with Gasteiger partial charge in [-0.25, -0.2) is 0 Å². The average Bonchev–Trinajstić information content (AvgIpc) is 2.76. The molecule has 1 spiro atoms. The van der Waals surface area contributed by atoms with Gasteiger partial charge in [0.15, 0.2) is 0 Å². The highest BCUT2D eigenvalue weighted by atomic mass is 16.1. The molecular formula is C11H19NO. The summed E-state index contributed by atoms with van der Waals surface area (Å²) in [6, 6.07) is 0. The first-order valence-corrected chi connectivity index (χ1v) is 5.53. The van der Waals surface area contributed by atoms with Crippen molar-refractivity contribution in [3.63, 3.8) is 0 Å². The van der Waals surface area contributed by atoms with E-state index in [0.29, 0.717) is 23.7 Å². The van der Waals surface area contributed by atoms with Gasteiger partial charge in [0.1, 0.15) is 5.78 Å². The quantitative estimate of drug-likeness (QED) is 0.705. The molecule has 2 aliphatic rings. The molecule has 1 saturated heterocycles. The maximum absolute atomic E-state index is 11.5. The zero-order valence-corrected chi connectivity index (χ0v) is 8.44. The lowest BCUT2D eigenvalue weighted by molar-refractivity contribution is -0.122. The van der Waals surface area contributed by atoms with E-state index in [1.165, 1.54) is 25.7 Å². The van der Waals surface area contributed by atoms with Gasteiger partial charge in [-0.1, -0.05) is 19.8 Å². The molecule has 0 bridgehead atoms. The molecule has 1 aliphatic heterocycles. The van der Waals surface area contributed by atoms with E-state index in [1.54, 1.807) is 0 Å². The first kappa shape index (κ1) is 9.20. The molecule has 0 radical (unpaired) electrons. The molecule has 2 heteroatoms. The smallest absolute Gasteiger partial charge is 0.137 e. The van der Waals surface area contributed by atoms with Crippen molar-refractivity contribution in [2.24, 2.45) is 5.92 Å². The Morgan fingerprint density at radius 3 is 2.77 bits per heavy atom. The van der Waals surface area contributed by atoms with Crippen LogP contribution in [0.1, 0.15) is 45.4 Å². The molecule has 0 aromatic carbocycles. The summed E-state index contributed by atoms with van der Waals surface area (Å²) in [5, 5.41) is 3.58. The molecule has 0 amide bonds. The fraction of sp³-hybridized carbons (Fsp3) is 0.909. The normalized spacial score (nSPS) is 31.3. The van der Waals surface area contributed by atoms with Crippen LogP contribution in [-0.4, -0.2) is 17.9 Å². The standard InChI is InChI=1S/C11H19NO/c1-2-10(13)9-7-11(12-8-9)5-3-4-6-11/h9,12H,2-8H2,1H3. The zero-order chi connectivity index (χ0) is 9.31. The number of carbonyl (C=O) groups excluding carboxylic acids is 1. The van der Waals surface area contributed by atoms with E-state index in [1.807, 2.05) is 6.92 Å². The summed E-state index contributed by atoms with van der Waals surface area (Å²) in [5.41, 5.74) is 0.371. The number of carbonyl (C=O) groups is 1. The minimum Gasteiger partial charge on any atom is -0.310 e. The van der Waals surface area contributed by atoms with Crippen molar-refractivity contribution >= 4 is 5.78 Å². The minimum absolute atomic E-state index is 0.322. The third-order valence-corrected chi connectivity index (χ3v) is 3.73. The van der Waals surface area contributed by atoms with Crippen LogP contribution in [0.25, 0.3) is 0 Å². The van der Waals surface area contributed by atoms with Gasteiger partial charge in [-0.15, -0.1) is 0 Å². The SMILES string of the molecule is CCC(=O)C1CNC2(CCCC2)C1. The molecule has 74 valence electrons. The first-order valence-electron chi connectivity index (χ1n) is 5.53. The van der Waals surface area contributed by atoms with Gasteiger partial charge in [0.05, 0.1) is 0 Å². The molecule has 1 aliphatic carbocycles. The van der Waals surface area contributed by atoms with Crippen LogP contribution < -0.4 is 5.32 Å². The van der Waals surface area contributed by atoms with E-state index in [4.69, 9.17) is 0 Å². The summed E-state index contributed by atoms with van der Waals surface area (Å²) >= 11 is 0. The first-order chi connectivity index (χ1) is 6.26. The highest BCUT2D eigenvalue weighted by Gasteiger charge is 2.42. The van der Waals surface area contributed by atoms with Crippen LogP contribution in [0.5, 0.6) is 0 Å². The summed E-state index contributed by atoms with van der Waals surface area (Å²) in [7, 11) is 0. The number of hydrogen-bond acceptors (Lipinski definition) is 2. The molecule has 2 nitrogen and oxygen atoms in total. The second kappa shape index (κ2) is 3.41. The van der Waals surface area contributed by atoms with Gasteiger partial charge >= 0.3 is 0 Å². The van der Waals surface area contributed by atoms with E-state index >= 15 is 0 Å². The van der Waals surface area contributed by atoms with Crippen LogP contribution >= 0.6 is 0 Å². The van der Waals surface area contributed by atoms with Crippen LogP contribution in [0.4, 0.5) is 0 Å². The summed E-state index contributed by atoms with van der Waals surface area (Å²) in [4.78, 5) is 11.5. The van der Waals surface area contributed by atoms with Crippen molar-refractivity contribution in [2.45, 2.75) is 51.0 Å². The predicted octanol–water partition coefficient (Wildman–Crippen LogP) is 1.89. The maximum atomic E-state index is 11.5. The highest BCUT2D eigenvalue weighted by Crippen LogP contribution is 2.39. The summed E-state index contributed by atoms with van der Waals surface area (Å²) in [5.74, 6) is 0.777. The molecule has 13 heavy (non-hydrogen) atoms. The van der Waals surface area contributed by atoms with Crippen molar-refractivity contribution in [3.8, 4) is 0 Å². The van der Waals surface area contributed by atoms with E-state index in [9.17, 15) is 4.79 Å². The Hall–Kier alpha value is -0.370. The number of rotatable bonds is 2. The molecule has 0 aromatic heterocycles. The largest absolute Gasteiger partial charge is 0.310 e.